The van der Waals surface area contributed by atoms with E-state index in [0.717, 1.165) is 22.2 Å². The Bertz CT molecular complexity index is 857. The lowest BCUT2D eigenvalue weighted by Gasteiger charge is -2.08. The van der Waals surface area contributed by atoms with E-state index in [4.69, 9.17) is 23.2 Å². The van der Waals surface area contributed by atoms with Crippen LogP contribution in [0.3, 0.4) is 0 Å². The van der Waals surface area contributed by atoms with Crippen molar-refractivity contribution in [3.8, 4) is 11.3 Å². The van der Waals surface area contributed by atoms with Crippen molar-refractivity contribution in [1.29, 1.82) is 0 Å². The molecule has 0 bridgehead atoms. The predicted octanol–water partition coefficient (Wildman–Crippen LogP) is 4.57. The smallest absolute Gasteiger partial charge is 0.251 e. The topological polar surface area (TPSA) is 42.0 Å². The molecule has 1 amide bonds. The van der Waals surface area contributed by atoms with Gasteiger partial charge in [-0.1, -0.05) is 29.3 Å². The Labute approximate surface area is 137 Å². The average molecular weight is 331 g/mol. The molecular weight excluding hydrogens is 319 g/mol. The molecule has 0 atom stereocenters. The van der Waals surface area contributed by atoms with Crippen LogP contribution < -0.4 is 5.32 Å². The first-order valence-corrected chi connectivity index (χ1v) is 7.42. The van der Waals surface area contributed by atoms with E-state index < -0.39 is 0 Å². The van der Waals surface area contributed by atoms with E-state index in [9.17, 15) is 4.79 Å². The van der Waals surface area contributed by atoms with Gasteiger partial charge in [-0.2, -0.15) is 0 Å². The second-order valence-corrected chi connectivity index (χ2v) is 5.68. The molecule has 0 aliphatic carbocycles. The minimum atomic E-state index is -0.133. The summed E-state index contributed by atoms with van der Waals surface area (Å²) in [6.45, 7) is 0. The molecule has 3 aromatic rings. The molecule has 0 radical (unpaired) electrons. The van der Waals surface area contributed by atoms with Crippen LogP contribution in [0, 0.1) is 0 Å². The number of carbonyl (C=O) groups is 1. The van der Waals surface area contributed by atoms with Crippen LogP contribution >= 0.6 is 23.2 Å². The van der Waals surface area contributed by atoms with Crippen LogP contribution in [0.2, 0.25) is 10.0 Å². The standard InChI is InChI=1S/C17H12Cl2N2O/c1-20-17(22)14-3-2-4-16-13(14)5-6-15(21-16)10-7-11(18)9-12(19)8-10/h2-9H,1H3,(H,20,22). The molecule has 3 nitrogen and oxygen atoms in total. The van der Waals surface area contributed by atoms with Crippen molar-refractivity contribution in [1.82, 2.24) is 10.3 Å². The number of amides is 1. The van der Waals surface area contributed by atoms with Gasteiger partial charge in [-0.15, -0.1) is 0 Å². The Morgan fingerprint density at radius 1 is 1.05 bits per heavy atom. The summed E-state index contributed by atoms with van der Waals surface area (Å²) < 4.78 is 0. The number of hydrogen-bond acceptors (Lipinski definition) is 2. The minimum absolute atomic E-state index is 0.133. The third kappa shape index (κ3) is 2.78. The number of nitrogens with one attached hydrogen (secondary N) is 1. The molecule has 22 heavy (non-hydrogen) atoms. The Hall–Kier alpha value is -2.10. The van der Waals surface area contributed by atoms with E-state index in [2.05, 4.69) is 10.3 Å². The quantitative estimate of drug-likeness (QED) is 0.747. The lowest BCUT2D eigenvalue weighted by atomic mass is 10.1. The van der Waals surface area contributed by atoms with Crippen molar-refractivity contribution < 1.29 is 4.79 Å². The SMILES string of the molecule is CNC(=O)c1cccc2nc(-c3cc(Cl)cc(Cl)c3)ccc12. The van der Waals surface area contributed by atoms with Crippen LogP contribution in [-0.2, 0) is 0 Å². The monoisotopic (exact) mass is 330 g/mol. The van der Waals surface area contributed by atoms with Crippen molar-refractivity contribution in [2.75, 3.05) is 7.05 Å². The maximum absolute atomic E-state index is 11.9. The summed E-state index contributed by atoms with van der Waals surface area (Å²) in [6.07, 6.45) is 0. The van der Waals surface area contributed by atoms with Crippen molar-refractivity contribution in [2.24, 2.45) is 0 Å². The van der Waals surface area contributed by atoms with Crippen LogP contribution in [0.15, 0.2) is 48.5 Å². The molecule has 0 unspecified atom stereocenters. The molecule has 110 valence electrons. The number of halogens is 2. The maximum atomic E-state index is 11.9. The van der Waals surface area contributed by atoms with Crippen molar-refractivity contribution in [3.63, 3.8) is 0 Å². The van der Waals surface area contributed by atoms with Gasteiger partial charge in [-0.3, -0.25) is 4.79 Å². The zero-order valence-electron chi connectivity index (χ0n) is 11.7. The highest BCUT2D eigenvalue weighted by molar-refractivity contribution is 6.35. The average Bonchev–Trinajstić information content (AvgIpc) is 2.52. The van der Waals surface area contributed by atoms with Crippen molar-refractivity contribution >= 4 is 40.0 Å². The van der Waals surface area contributed by atoms with Gasteiger partial charge in [0.1, 0.15) is 0 Å². The first-order chi connectivity index (χ1) is 10.6. The number of nitrogens with zero attached hydrogens (tertiary/aromatic N) is 1. The minimum Gasteiger partial charge on any atom is -0.355 e. The lowest BCUT2D eigenvalue weighted by molar-refractivity contribution is 0.0964. The Morgan fingerprint density at radius 2 is 1.77 bits per heavy atom. The summed E-state index contributed by atoms with van der Waals surface area (Å²) in [7, 11) is 1.61. The number of benzene rings is 2. The third-order valence-corrected chi connectivity index (χ3v) is 3.80. The van der Waals surface area contributed by atoms with Crippen LogP contribution in [0.25, 0.3) is 22.2 Å². The van der Waals surface area contributed by atoms with Gasteiger partial charge in [0.05, 0.1) is 11.2 Å². The number of aromatic nitrogens is 1. The maximum Gasteiger partial charge on any atom is 0.251 e. The molecule has 1 heterocycles. The number of hydrogen-bond donors (Lipinski definition) is 1. The lowest BCUT2D eigenvalue weighted by Crippen LogP contribution is -2.18. The highest BCUT2D eigenvalue weighted by atomic mass is 35.5. The molecule has 1 N–H and O–H groups in total. The summed E-state index contributed by atoms with van der Waals surface area (Å²) in [6, 6.07) is 14.5. The van der Waals surface area contributed by atoms with Crippen LogP contribution in [0.1, 0.15) is 10.4 Å². The molecular formula is C17H12Cl2N2O. The molecule has 3 rings (SSSR count). The molecule has 0 aliphatic rings. The van der Waals surface area contributed by atoms with Gasteiger partial charge in [0.15, 0.2) is 0 Å². The molecule has 0 spiro atoms. The van der Waals surface area contributed by atoms with Crippen LogP contribution in [0.5, 0.6) is 0 Å². The van der Waals surface area contributed by atoms with E-state index in [-0.39, 0.29) is 5.91 Å². The second kappa shape index (κ2) is 5.95. The molecule has 0 saturated heterocycles. The van der Waals surface area contributed by atoms with Gasteiger partial charge in [0.2, 0.25) is 0 Å². The normalized spacial score (nSPS) is 10.7. The van der Waals surface area contributed by atoms with Crippen LogP contribution in [0.4, 0.5) is 0 Å². The van der Waals surface area contributed by atoms with Gasteiger partial charge in [0, 0.05) is 33.6 Å². The third-order valence-electron chi connectivity index (χ3n) is 3.36. The highest BCUT2D eigenvalue weighted by Crippen LogP contribution is 2.28. The molecule has 0 saturated carbocycles. The van der Waals surface area contributed by atoms with E-state index in [1.165, 1.54) is 0 Å². The summed E-state index contributed by atoms with van der Waals surface area (Å²) in [4.78, 5) is 16.5. The molecule has 0 fully saturated rings. The molecule has 1 aromatic heterocycles. The highest BCUT2D eigenvalue weighted by Gasteiger charge is 2.10. The van der Waals surface area contributed by atoms with Crippen LogP contribution in [-0.4, -0.2) is 17.9 Å². The van der Waals surface area contributed by atoms with Crippen molar-refractivity contribution in [2.45, 2.75) is 0 Å². The van der Waals surface area contributed by atoms with E-state index >= 15 is 0 Å². The Morgan fingerprint density at radius 3 is 2.45 bits per heavy atom. The zero-order chi connectivity index (χ0) is 15.7. The fourth-order valence-corrected chi connectivity index (χ4v) is 2.88. The van der Waals surface area contributed by atoms with E-state index in [1.54, 1.807) is 19.2 Å². The predicted molar refractivity (Wildman–Crippen MR) is 90.6 cm³/mol. The van der Waals surface area contributed by atoms with Gasteiger partial charge in [-0.25, -0.2) is 4.98 Å². The summed E-state index contributed by atoms with van der Waals surface area (Å²) >= 11 is 12.1. The Kier molecular flexibility index (Phi) is 4.01. The molecule has 2 aromatic carbocycles. The number of fused-ring (bicyclic) bond motifs is 1. The van der Waals surface area contributed by atoms with Crippen molar-refractivity contribution in [3.05, 3.63) is 64.1 Å². The number of pyridine rings is 1. The van der Waals surface area contributed by atoms with Gasteiger partial charge in [-0.05, 0) is 42.5 Å². The largest absolute Gasteiger partial charge is 0.355 e. The fraction of sp³-hybridized carbons (Fsp3) is 0.0588. The summed E-state index contributed by atoms with van der Waals surface area (Å²) in [5.41, 5.74) is 2.94. The van der Waals surface area contributed by atoms with Gasteiger partial charge >= 0.3 is 0 Å². The summed E-state index contributed by atoms with van der Waals surface area (Å²) in [5.74, 6) is -0.133. The molecule has 5 heteroatoms. The fourth-order valence-electron chi connectivity index (χ4n) is 2.35. The van der Waals surface area contributed by atoms with E-state index in [1.807, 2.05) is 36.4 Å². The summed E-state index contributed by atoms with van der Waals surface area (Å²) in [5, 5.41) is 4.56. The zero-order valence-corrected chi connectivity index (χ0v) is 13.2. The molecule has 0 aliphatic heterocycles. The van der Waals surface area contributed by atoms with Gasteiger partial charge in [0.25, 0.3) is 5.91 Å². The number of carbonyl (C=O) groups excluding carboxylic acids is 1. The van der Waals surface area contributed by atoms with E-state index in [0.29, 0.717) is 15.6 Å². The Balaban J connectivity index is 2.16. The first-order valence-electron chi connectivity index (χ1n) is 6.67. The second-order valence-electron chi connectivity index (χ2n) is 4.81. The first kappa shape index (κ1) is 14.8. The number of rotatable bonds is 2. The van der Waals surface area contributed by atoms with Gasteiger partial charge < -0.3 is 5.32 Å².